The molecule has 1 heterocycles. The molecular formula is C19H21F4N5O4. The zero-order valence-electron chi connectivity index (χ0n) is 17.0. The quantitative estimate of drug-likeness (QED) is 0.384. The molecule has 0 bridgehead atoms. The predicted molar refractivity (Wildman–Crippen MR) is 105 cm³/mol. The molecule has 2 aliphatic rings. The maximum atomic E-state index is 14.5. The summed E-state index contributed by atoms with van der Waals surface area (Å²) in [4.78, 5) is 36.5. The van der Waals surface area contributed by atoms with Gasteiger partial charge in [0.05, 0.1) is 24.8 Å². The number of alkyl halides is 2. The van der Waals surface area contributed by atoms with Crippen LogP contribution in [-0.4, -0.2) is 73.3 Å². The van der Waals surface area contributed by atoms with E-state index in [0.29, 0.717) is 11.3 Å². The van der Waals surface area contributed by atoms with E-state index in [4.69, 9.17) is 10.1 Å². The Hall–Kier alpha value is -3.38. The summed E-state index contributed by atoms with van der Waals surface area (Å²) in [7, 11) is 0. The lowest BCUT2D eigenvalue weighted by molar-refractivity contribution is -0.141. The summed E-state index contributed by atoms with van der Waals surface area (Å²) in [5.41, 5.74) is -1.57. The lowest BCUT2D eigenvalue weighted by Gasteiger charge is -2.21. The van der Waals surface area contributed by atoms with Crippen LogP contribution in [-0.2, 0) is 14.3 Å². The second kappa shape index (κ2) is 9.01. The number of halogens is 4. The summed E-state index contributed by atoms with van der Waals surface area (Å²) in [6.07, 6.45) is -2.91. The summed E-state index contributed by atoms with van der Waals surface area (Å²) in [6, 6.07) is 1.46. The zero-order chi connectivity index (χ0) is 23.6. The Kier molecular flexibility index (Phi) is 6.55. The van der Waals surface area contributed by atoms with Gasteiger partial charge in [-0.2, -0.15) is 8.78 Å². The Labute approximate surface area is 180 Å². The van der Waals surface area contributed by atoms with Gasteiger partial charge in [0.2, 0.25) is 5.91 Å². The summed E-state index contributed by atoms with van der Waals surface area (Å²) in [5.74, 6) is -3.86. The van der Waals surface area contributed by atoms with Crippen molar-refractivity contribution in [2.24, 2.45) is 0 Å². The molecule has 9 nitrogen and oxygen atoms in total. The summed E-state index contributed by atoms with van der Waals surface area (Å²) in [5, 5.41) is 12.0. The number of carbonyl (C=O) groups excluding carboxylic acids is 3. The predicted octanol–water partition coefficient (Wildman–Crippen LogP) is 1.72. The van der Waals surface area contributed by atoms with Gasteiger partial charge < -0.3 is 25.7 Å². The van der Waals surface area contributed by atoms with E-state index in [2.05, 4.69) is 10.6 Å². The van der Waals surface area contributed by atoms with Gasteiger partial charge in [-0.3, -0.25) is 14.5 Å². The highest BCUT2D eigenvalue weighted by molar-refractivity contribution is 5.91. The molecule has 3 amide bonds. The first-order chi connectivity index (χ1) is 15.1. The van der Waals surface area contributed by atoms with Crippen molar-refractivity contribution in [3.63, 3.8) is 0 Å². The van der Waals surface area contributed by atoms with Crippen LogP contribution in [0.15, 0.2) is 12.1 Å². The van der Waals surface area contributed by atoms with Crippen molar-refractivity contribution in [3.8, 4) is 0 Å². The van der Waals surface area contributed by atoms with Gasteiger partial charge in [0, 0.05) is 44.8 Å². The molecule has 1 saturated heterocycles. The second-order valence-corrected chi connectivity index (χ2v) is 7.48. The van der Waals surface area contributed by atoms with Crippen molar-refractivity contribution in [1.82, 2.24) is 10.2 Å². The van der Waals surface area contributed by atoms with Crippen LogP contribution in [0.4, 0.5) is 33.7 Å². The number of hydrogen-bond donors (Lipinski definition) is 3. The molecule has 32 heavy (non-hydrogen) atoms. The Morgan fingerprint density at radius 1 is 1.38 bits per heavy atom. The molecule has 174 valence electrons. The summed E-state index contributed by atoms with van der Waals surface area (Å²) in [6.45, 7) is 0.395. The number of amides is 3. The fourth-order valence-corrected chi connectivity index (χ4v) is 3.53. The van der Waals surface area contributed by atoms with Crippen molar-refractivity contribution >= 4 is 35.5 Å². The number of ether oxygens (including phenoxy) is 1. The molecule has 1 aromatic carbocycles. The monoisotopic (exact) mass is 459 g/mol. The van der Waals surface area contributed by atoms with Gasteiger partial charge in [-0.15, -0.1) is 0 Å². The minimum atomic E-state index is -3.26. The maximum Gasteiger partial charge on any atom is 0.415 e. The van der Waals surface area contributed by atoms with Gasteiger partial charge in [0.1, 0.15) is 5.69 Å². The summed E-state index contributed by atoms with van der Waals surface area (Å²) < 4.78 is 59.5. The average Bonchev–Trinajstić information content (AvgIpc) is 3.23. The first-order valence-corrected chi connectivity index (χ1v) is 9.64. The highest BCUT2D eigenvalue weighted by Gasteiger charge is 2.64. The minimum absolute atomic E-state index is 0.0107. The SMILES string of the molecule is CC(=O)N[C@H]1C[C@]12CN(c1cc(F)c(NCCN(CC=N)C(=O)C(F)F)c(F)c1)C(=O)O2. The zero-order valence-corrected chi connectivity index (χ0v) is 17.0. The van der Waals surface area contributed by atoms with E-state index in [1.165, 1.54) is 6.92 Å². The Bertz CT molecular complexity index is 923. The average molecular weight is 459 g/mol. The molecule has 0 unspecified atom stereocenters. The fraction of sp³-hybridized carbons (Fsp3) is 0.474. The third-order valence-corrected chi connectivity index (χ3v) is 5.17. The lowest BCUT2D eigenvalue weighted by Crippen LogP contribution is -2.40. The molecule has 2 fully saturated rings. The van der Waals surface area contributed by atoms with Gasteiger partial charge in [0.15, 0.2) is 17.2 Å². The maximum absolute atomic E-state index is 14.5. The smallest absolute Gasteiger partial charge is 0.415 e. The Balaban J connectivity index is 1.65. The van der Waals surface area contributed by atoms with Crippen LogP contribution < -0.4 is 15.5 Å². The number of nitrogens with one attached hydrogen (secondary N) is 3. The van der Waals surface area contributed by atoms with Crippen LogP contribution in [0.1, 0.15) is 13.3 Å². The van der Waals surface area contributed by atoms with E-state index in [9.17, 15) is 31.9 Å². The van der Waals surface area contributed by atoms with Crippen molar-refractivity contribution in [2.45, 2.75) is 31.4 Å². The molecule has 1 spiro atoms. The molecule has 0 aromatic heterocycles. The first-order valence-electron chi connectivity index (χ1n) is 9.64. The first kappa shape index (κ1) is 23.3. The van der Waals surface area contributed by atoms with Crippen LogP contribution in [0.5, 0.6) is 0 Å². The van der Waals surface area contributed by atoms with Crippen LogP contribution >= 0.6 is 0 Å². The molecule has 3 N–H and O–H groups in total. The van der Waals surface area contributed by atoms with Crippen LogP contribution in [0.3, 0.4) is 0 Å². The van der Waals surface area contributed by atoms with E-state index in [1.54, 1.807) is 0 Å². The summed E-state index contributed by atoms with van der Waals surface area (Å²) >= 11 is 0. The molecule has 1 aromatic rings. The molecule has 1 aliphatic heterocycles. The normalized spacial score (nSPS) is 21.5. The van der Waals surface area contributed by atoms with Crippen molar-refractivity contribution in [3.05, 3.63) is 23.8 Å². The highest BCUT2D eigenvalue weighted by atomic mass is 19.3. The van der Waals surface area contributed by atoms with Gasteiger partial charge in [-0.25, -0.2) is 13.6 Å². The van der Waals surface area contributed by atoms with Crippen LogP contribution in [0, 0.1) is 17.0 Å². The Morgan fingerprint density at radius 3 is 2.59 bits per heavy atom. The van der Waals surface area contributed by atoms with Crippen molar-refractivity contribution in [1.29, 1.82) is 5.41 Å². The van der Waals surface area contributed by atoms with Crippen LogP contribution in [0.2, 0.25) is 0 Å². The third kappa shape index (κ3) is 4.75. The van der Waals surface area contributed by atoms with E-state index in [-0.39, 0.29) is 43.8 Å². The number of hydrogen-bond acceptors (Lipinski definition) is 6. The van der Waals surface area contributed by atoms with E-state index < -0.39 is 41.3 Å². The standard InChI is InChI=1S/C19H21F4N5O4/c1-10(29)26-14-8-19(14)9-28(18(31)32-19)11-6-12(20)15(13(21)7-11)25-3-5-27(4-2-24)17(30)16(22)23/h2,6-7,14,16,24-25H,3-5,8-9H2,1H3,(H,26,29)/t14-,19-/m0/s1. The largest absolute Gasteiger partial charge is 0.438 e. The molecule has 1 aliphatic carbocycles. The minimum Gasteiger partial charge on any atom is -0.438 e. The number of anilines is 2. The van der Waals surface area contributed by atoms with Crippen molar-refractivity contribution < 1.29 is 36.7 Å². The molecule has 3 rings (SSSR count). The topological polar surface area (TPSA) is 115 Å². The van der Waals surface area contributed by atoms with Gasteiger partial charge in [-0.1, -0.05) is 0 Å². The van der Waals surface area contributed by atoms with E-state index in [0.717, 1.165) is 23.2 Å². The number of benzene rings is 1. The molecule has 2 atom stereocenters. The van der Waals surface area contributed by atoms with Gasteiger partial charge in [-0.05, 0) is 0 Å². The van der Waals surface area contributed by atoms with Crippen molar-refractivity contribution in [2.75, 3.05) is 36.4 Å². The molecule has 0 radical (unpaired) electrons. The highest BCUT2D eigenvalue weighted by Crippen LogP contribution is 2.46. The fourth-order valence-electron chi connectivity index (χ4n) is 3.53. The molecule has 1 saturated carbocycles. The third-order valence-electron chi connectivity index (χ3n) is 5.17. The van der Waals surface area contributed by atoms with E-state index in [1.807, 2.05) is 0 Å². The van der Waals surface area contributed by atoms with Gasteiger partial charge >= 0.3 is 12.5 Å². The molecule has 13 heteroatoms. The van der Waals surface area contributed by atoms with E-state index >= 15 is 0 Å². The second-order valence-electron chi connectivity index (χ2n) is 7.48. The van der Waals surface area contributed by atoms with Crippen LogP contribution in [0.25, 0.3) is 0 Å². The number of carbonyl (C=O) groups is 3. The Morgan fingerprint density at radius 2 is 2.03 bits per heavy atom. The number of nitrogens with zero attached hydrogens (tertiary/aromatic N) is 2. The number of rotatable bonds is 9. The van der Waals surface area contributed by atoms with Gasteiger partial charge in [0.25, 0.3) is 5.91 Å². The lowest BCUT2D eigenvalue weighted by atomic mass is 10.2. The molecular weight excluding hydrogens is 438 g/mol.